The summed E-state index contributed by atoms with van der Waals surface area (Å²) in [6.45, 7) is 2.05. The second-order valence-corrected chi connectivity index (χ2v) is 7.65. The monoisotopic (exact) mass is 406 g/mol. The van der Waals surface area contributed by atoms with Gasteiger partial charge in [-0.2, -0.15) is 0 Å². The fourth-order valence-electron chi connectivity index (χ4n) is 4.23. The minimum absolute atomic E-state index is 0.148. The van der Waals surface area contributed by atoms with Gasteiger partial charge >= 0.3 is 0 Å². The lowest BCUT2D eigenvalue weighted by Crippen LogP contribution is -2.14. The van der Waals surface area contributed by atoms with Gasteiger partial charge in [-0.25, -0.2) is 14.5 Å². The van der Waals surface area contributed by atoms with E-state index in [1.807, 2.05) is 55.5 Å². The maximum absolute atomic E-state index is 9.99. The molecule has 0 saturated heterocycles. The van der Waals surface area contributed by atoms with E-state index < -0.39 is 0 Å². The van der Waals surface area contributed by atoms with Gasteiger partial charge in [0.05, 0.1) is 5.56 Å². The van der Waals surface area contributed by atoms with Crippen LogP contribution in [0, 0.1) is 6.92 Å². The van der Waals surface area contributed by atoms with Crippen LogP contribution in [0.3, 0.4) is 0 Å². The number of aryl methyl sites for hydroxylation is 1. The zero-order valence-electron chi connectivity index (χ0n) is 16.7. The molecule has 2 aromatic heterocycles. The fraction of sp³-hybridized carbons (Fsp3) is 0.0800. The molecule has 0 aliphatic carbocycles. The first-order valence-electron chi connectivity index (χ1n) is 10.1. The lowest BCUT2D eigenvalue weighted by Gasteiger charge is -2.27. The number of aromatic nitrogens is 4. The van der Waals surface area contributed by atoms with Crippen LogP contribution in [-0.4, -0.2) is 24.7 Å². The Labute approximate surface area is 178 Å². The molecular weight excluding hydrogens is 388 g/mol. The Bertz CT molecular complexity index is 1440. The quantitative estimate of drug-likeness (QED) is 0.434. The summed E-state index contributed by atoms with van der Waals surface area (Å²) in [5.41, 5.74) is 5.70. The summed E-state index contributed by atoms with van der Waals surface area (Å²) in [6.07, 6.45) is 1.62. The number of rotatable bonds is 2. The molecule has 1 atom stereocenters. The SMILES string of the molecule is Cc1ccccc1-c1nc2c3c(ncn2n1)Oc1cc(O)ccc1[C@H]3c1ccccc1. The molecule has 0 radical (unpaired) electrons. The largest absolute Gasteiger partial charge is 0.508 e. The number of phenolic OH excluding ortho intramolecular Hbond substituents is 1. The van der Waals surface area contributed by atoms with Crippen LogP contribution in [0.5, 0.6) is 17.4 Å². The number of hydrogen-bond acceptors (Lipinski definition) is 5. The molecule has 6 heteroatoms. The first kappa shape index (κ1) is 17.7. The molecule has 0 spiro atoms. The number of aromatic hydroxyl groups is 1. The molecule has 0 saturated carbocycles. The molecule has 0 amide bonds. The van der Waals surface area contributed by atoms with E-state index in [4.69, 9.17) is 14.8 Å². The van der Waals surface area contributed by atoms with Crippen molar-refractivity contribution in [1.29, 1.82) is 0 Å². The topological polar surface area (TPSA) is 72.5 Å². The molecule has 6 nitrogen and oxygen atoms in total. The predicted octanol–water partition coefficient (Wildman–Crippen LogP) is 5.09. The van der Waals surface area contributed by atoms with E-state index in [0.717, 1.165) is 27.8 Å². The van der Waals surface area contributed by atoms with E-state index in [0.29, 0.717) is 23.1 Å². The van der Waals surface area contributed by atoms with Gasteiger partial charge in [0.25, 0.3) is 0 Å². The van der Waals surface area contributed by atoms with E-state index in [-0.39, 0.29) is 11.7 Å². The van der Waals surface area contributed by atoms with Gasteiger partial charge in [-0.3, -0.25) is 0 Å². The molecule has 1 aliphatic heterocycles. The second kappa shape index (κ2) is 6.67. The lowest BCUT2D eigenvalue weighted by molar-refractivity contribution is 0.422. The minimum atomic E-state index is -0.148. The van der Waals surface area contributed by atoms with Crippen LogP contribution in [0.4, 0.5) is 0 Å². The van der Waals surface area contributed by atoms with E-state index in [1.165, 1.54) is 0 Å². The molecule has 3 aromatic carbocycles. The van der Waals surface area contributed by atoms with Crippen LogP contribution in [0.1, 0.15) is 28.2 Å². The average Bonchev–Trinajstić information content (AvgIpc) is 3.22. The van der Waals surface area contributed by atoms with Crippen molar-refractivity contribution in [3.63, 3.8) is 0 Å². The molecular formula is C25H18N4O2. The summed E-state index contributed by atoms with van der Waals surface area (Å²) in [5.74, 6) is 1.72. The van der Waals surface area contributed by atoms with Gasteiger partial charge in [-0.05, 0) is 24.1 Å². The molecule has 0 bridgehead atoms. The normalized spacial score (nSPS) is 14.7. The van der Waals surface area contributed by atoms with Crippen LogP contribution in [0.2, 0.25) is 0 Å². The number of hydrogen-bond donors (Lipinski definition) is 1. The molecule has 0 fully saturated rings. The zero-order valence-corrected chi connectivity index (χ0v) is 16.7. The zero-order chi connectivity index (χ0) is 20.9. The van der Waals surface area contributed by atoms with Gasteiger partial charge in [-0.15, -0.1) is 5.10 Å². The summed E-state index contributed by atoms with van der Waals surface area (Å²) < 4.78 is 7.82. The van der Waals surface area contributed by atoms with E-state index in [9.17, 15) is 5.11 Å². The Morgan fingerprint density at radius 2 is 1.77 bits per heavy atom. The van der Waals surface area contributed by atoms with Gasteiger partial charge in [-0.1, -0.05) is 60.7 Å². The number of fused-ring (bicyclic) bond motifs is 4. The number of benzene rings is 3. The third-order valence-corrected chi connectivity index (χ3v) is 5.71. The second-order valence-electron chi connectivity index (χ2n) is 7.65. The van der Waals surface area contributed by atoms with Gasteiger partial charge in [0.15, 0.2) is 11.5 Å². The Kier molecular flexibility index (Phi) is 3.80. The smallest absolute Gasteiger partial charge is 0.228 e. The summed E-state index contributed by atoms with van der Waals surface area (Å²) in [7, 11) is 0. The van der Waals surface area contributed by atoms with Gasteiger partial charge < -0.3 is 9.84 Å². The first-order chi connectivity index (χ1) is 15.2. The van der Waals surface area contributed by atoms with Crippen molar-refractivity contribution in [3.8, 4) is 28.8 Å². The van der Waals surface area contributed by atoms with Crippen LogP contribution >= 0.6 is 0 Å². The number of phenols is 1. The van der Waals surface area contributed by atoms with Crippen molar-refractivity contribution in [2.24, 2.45) is 0 Å². The predicted molar refractivity (Wildman–Crippen MR) is 117 cm³/mol. The van der Waals surface area contributed by atoms with Crippen LogP contribution in [0.15, 0.2) is 79.1 Å². The van der Waals surface area contributed by atoms with Crippen LogP contribution in [-0.2, 0) is 0 Å². The highest BCUT2D eigenvalue weighted by atomic mass is 16.5. The maximum atomic E-state index is 9.99. The summed E-state index contributed by atoms with van der Waals surface area (Å²) in [4.78, 5) is 9.44. The highest BCUT2D eigenvalue weighted by Gasteiger charge is 2.33. The van der Waals surface area contributed by atoms with Crippen molar-refractivity contribution >= 4 is 5.65 Å². The standard InChI is InChI=1S/C25H18N4O2/c1-15-7-5-6-10-18(15)23-27-24-22-21(16-8-3-2-4-9-16)19-12-11-17(30)13-20(19)31-25(22)26-14-29(24)28-23/h2-14,21,30H,1H3/t21-/m1/s1. The van der Waals surface area contributed by atoms with Gasteiger partial charge in [0.1, 0.15) is 17.8 Å². The highest BCUT2D eigenvalue weighted by Crippen LogP contribution is 2.48. The molecule has 150 valence electrons. The third-order valence-electron chi connectivity index (χ3n) is 5.71. The molecule has 6 rings (SSSR count). The molecule has 0 unspecified atom stereocenters. The molecule has 31 heavy (non-hydrogen) atoms. The van der Waals surface area contributed by atoms with Crippen molar-refractivity contribution in [2.45, 2.75) is 12.8 Å². The minimum Gasteiger partial charge on any atom is -0.508 e. The number of ether oxygens (including phenoxy) is 1. The van der Waals surface area contributed by atoms with Crippen LogP contribution in [0.25, 0.3) is 17.0 Å². The summed E-state index contributed by atoms with van der Waals surface area (Å²) in [6, 6.07) is 23.5. The molecule has 1 N–H and O–H groups in total. The van der Waals surface area contributed by atoms with Crippen molar-refractivity contribution in [2.75, 3.05) is 0 Å². The lowest BCUT2D eigenvalue weighted by atomic mass is 9.84. The van der Waals surface area contributed by atoms with E-state index in [1.54, 1.807) is 23.0 Å². The maximum Gasteiger partial charge on any atom is 0.228 e. The summed E-state index contributed by atoms with van der Waals surface area (Å²) >= 11 is 0. The van der Waals surface area contributed by atoms with Crippen molar-refractivity contribution in [3.05, 3.63) is 101 Å². The Morgan fingerprint density at radius 3 is 2.61 bits per heavy atom. The molecule has 5 aromatic rings. The highest BCUT2D eigenvalue weighted by molar-refractivity contribution is 5.69. The fourth-order valence-corrected chi connectivity index (χ4v) is 4.23. The van der Waals surface area contributed by atoms with Crippen LogP contribution < -0.4 is 4.74 Å². The van der Waals surface area contributed by atoms with E-state index in [2.05, 4.69) is 17.1 Å². The first-order valence-corrected chi connectivity index (χ1v) is 10.1. The molecule has 3 heterocycles. The number of nitrogens with zero attached hydrogens (tertiary/aromatic N) is 4. The average molecular weight is 406 g/mol. The van der Waals surface area contributed by atoms with Gasteiger partial charge in [0, 0.05) is 23.1 Å². The Balaban J connectivity index is 1.63. The van der Waals surface area contributed by atoms with E-state index >= 15 is 0 Å². The summed E-state index contributed by atoms with van der Waals surface area (Å²) in [5, 5.41) is 14.7. The van der Waals surface area contributed by atoms with Crippen molar-refractivity contribution < 1.29 is 9.84 Å². The molecule has 1 aliphatic rings. The Hall–Kier alpha value is -4.19. The third kappa shape index (κ3) is 2.76. The Morgan fingerprint density at radius 1 is 0.968 bits per heavy atom. The van der Waals surface area contributed by atoms with Gasteiger partial charge in [0.2, 0.25) is 5.88 Å². The van der Waals surface area contributed by atoms with Crippen molar-refractivity contribution in [1.82, 2.24) is 19.6 Å².